The van der Waals surface area contributed by atoms with Crippen LogP contribution in [0.3, 0.4) is 0 Å². The van der Waals surface area contributed by atoms with E-state index in [0.717, 1.165) is 16.7 Å². The van der Waals surface area contributed by atoms with Crippen LogP contribution in [0.2, 0.25) is 0 Å². The summed E-state index contributed by atoms with van der Waals surface area (Å²) in [4.78, 5) is 11.7. The number of hydrogen-bond donors (Lipinski definition) is 1. The summed E-state index contributed by atoms with van der Waals surface area (Å²) in [6, 6.07) is 7.47. The number of hydrazone groups is 1. The van der Waals surface area contributed by atoms with E-state index in [-0.39, 0.29) is 12.5 Å². The number of carbonyl (C=O) groups is 1. The molecule has 0 bridgehead atoms. The van der Waals surface area contributed by atoms with Crippen LogP contribution >= 0.6 is 15.9 Å². The Kier molecular flexibility index (Phi) is 5.38. The largest absolute Gasteiger partial charge is 0.483 e. The number of aryl methyl sites for hydroxylation is 2. The number of nitrogens with zero attached hydrogens (tertiary/aromatic N) is 1. The number of hydrogen-bond acceptors (Lipinski definition) is 4. The molecule has 2 rings (SSSR count). The van der Waals surface area contributed by atoms with Gasteiger partial charge < -0.3 is 9.15 Å². The number of amides is 1. The van der Waals surface area contributed by atoms with Crippen LogP contribution in [0.1, 0.15) is 22.5 Å². The van der Waals surface area contributed by atoms with Crippen molar-refractivity contribution in [3.63, 3.8) is 0 Å². The summed E-state index contributed by atoms with van der Waals surface area (Å²) in [5.74, 6) is 0.922. The molecule has 0 aliphatic heterocycles. The molecule has 0 unspecified atom stereocenters. The SMILES string of the molecule is Cc1cc(C)c(C)c(OCC(=O)N/N=C/c2ccc(Br)o2)c1. The molecular formula is C16H17BrN2O3. The van der Waals surface area contributed by atoms with Gasteiger partial charge in [0.15, 0.2) is 11.3 Å². The van der Waals surface area contributed by atoms with Crippen molar-refractivity contribution in [3.8, 4) is 5.75 Å². The fourth-order valence-corrected chi connectivity index (χ4v) is 2.21. The molecule has 0 saturated carbocycles. The van der Waals surface area contributed by atoms with Gasteiger partial charge in [-0.2, -0.15) is 5.10 Å². The van der Waals surface area contributed by atoms with Crippen molar-refractivity contribution in [2.24, 2.45) is 5.10 Å². The Hall–Kier alpha value is -2.08. The van der Waals surface area contributed by atoms with Crippen LogP contribution in [-0.2, 0) is 4.79 Å². The molecule has 0 aliphatic carbocycles. The second-order valence-electron chi connectivity index (χ2n) is 4.93. The van der Waals surface area contributed by atoms with Crippen molar-refractivity contribution in [3.05, 3.63) is 51.4 Å². The minimum absolute atomic E-state index is 0.0943. The third-order valence-corrected chi connectivity index (χ3v) is 3.52. The van der Waals surface area contributed by atoms with Gasteiger partial charge in [0.1, 0.15) is 11.5 Å². The zero-order valence-corrected chi connectivity index (χ0v) is 14.2. The quantitative estimate of drug-likeness (QED) is 0.652. The first-order valence-corrected chi connectivity index (χ1v) is 7.53. The molecule has 1 N–H and O–H groups in total. The summed E-state index contributed by atoms with van der Waals surface area (Å²) in [6.45, 7) is 5.88. The van der Waals surface area contributed by atoms with E-state index in [2.05, 4.69) is 32.5 Å². The smallest absolute Gasteiger partial charge is 0.277 e. The van der Waals surface area contributed by atoms with Crippen molar-refractivity contribution >= 4 is 28.1 Å². The van der Waals surface area contributed by atoms with Gasteiger partial charge in [0, 0.05) is 0 Å². The molecule has 116 valence electrons. The van der Waals surface area contributed by atoms with Gasteiger partial charge in [0.25, 0.3) is 5.91 Å². The Labute approximate surface area is 137 Å². The summed E-state index contributed by atoms with van der Waals surface area (Å²) in [5, 5.41) is 3.81. The third kappa shape index (κ3) is 4.46. The number of furan rings is 1. The highest BCUT2D eigenvalue weighted by Gasteiger charge is 2.07. The van der Waals surface area contributed by atoms with Crippen molar-refractivity contribution < 1.29 is 13.9 Å². The van der Waals surface area contributed by atoms with Gasteiger partial charge in [-0.05, 0) is 71.6 Å². The maximum absolute atomic E-state index is 11.7. The summed E-state index contributed by atoms with van der Waals surface area (Å²) in [5.41, 5.74) is 5.65. The van der Waals surface area contributed by atoms with Crippen LogP contribution in [0.15, 0.2) is 38.5 Å². The molecule has 22 heavy (non-hydrogen) atoms. The lowest BCUT2D eigenvalue weighted by molar-refractivity contribution is -0.123. The van der Waals surface area contributed by atoms with Crippen LogP contribution in [0.5, 0.6) is 5.75 Å². The lowest BCUT2D eigenvalue weighted by Crippen LogP contribution is -2.24. The van der Waals surface area contributed by atoms with E-state index in [9.17, 15) is 4.79 Å². The summed E-state index contributed by atoms with van der Waals surface area (Å²) in [7, 11) is 0. The van der Waals surface area contributed by atoms with E-state index in [1.807, 2.05) is 26.8 Å². The molecule has 1 aromatic heterocycles. The Morgan fingerprint density at radius 2 is 2.14 bits per heavy atom. The number of rotatable bonds is 5. The highest BCUT2D eigenvalue weighted by atomic mass is 79.9. The van der Waals surface area contributed by atoms with Crippen molar-refractivity contribution in [1.29, 1.82) is 0 Å². The standard InChI is InChI=1S/C16H17BrN2O3/c1-10-6-11(2)12(3)14(7-10)21-9-16(20)19-18-8-13-4-5-15(17)22-13/h4-8H,9H2,1-3H3,(H,19,20)/b18-8+. The minimum atomic E-state index is -0.333. The van der Waals surface area contributed by atoms with E-state index in [4.69, 9.17) is 9.15 Å². The van der Waals surface area contributed by atoms with E-state index in [0.29, 0.717) is 16.2 Å². The number of benzene rings is 1. The molecule has 0 aliphatic rings. The van der Waals surface area contributed by atoms with Gasteiger partial charge in [0.05, 0.1) is 6.21 Å². The highest BCUT2D eigenvalue weighted by Crippen LogP contribution is 2.23. The Morgan fingerprint density at radius 3 is 2.82 bits per heavy atom. The first-order chi connectivity index (χ1) is 10.5. The molecular weight excluding hydrogens is 348 g/mol. The predicted molar refractivity (Wildman–Crippen MR) is 88.3 cm³/mol. The van der Waals surface area contributed by atoms with Crippen LogP contribution in [0.25, 0.3) is 0 Å². The van der Waals surface area contributed by atoms with Crippen LogP contribution < -0.4 is 10.2 Å². The summed E-state index contributed by atoms with van der Waals surface area (Å²) < 4.78 is 11.4. The van der Waals surface area contributed by atoms with Gasteiger partial charge in [-0.15, -0.1) is 0 Å². The molecule has 2 aromatic rings. The van der Waals surface area contributed by atoms with Crippen molar-refractivity contribution in [1.82, 2.24) is 5.43 Å². The molecule has 1 aromatic carbocycles. The lowest BCUT2D eigenvalue weighted by Gasteiger charge is -2.11. The van der Waals surface area contributed by atoms with Gasteiger partial charge in [-0.3, -0.25) is 4.79 Å². The number of halogens is 1. The second-order valence-corrected chi connectivity index (χ2v) is 5.71. The van der Waals surface area contributed by atoms with Crippen LogP contribution in [0, 0.1) is 20.8 Å². The first-order valence-electron chi connectivity index (χ1n) is 6.73. The van der Waals surface area contributed by atoms with E-state index in [1.54, 1.807) is 12.1 Å². The van der Waals surface area contributed by atoms with Gasteiger partial charge >= 0.3 is 0 Å². The van der Waals surface area contributed by atoms with E-state index < -0.39 is 0 Å². The molecule has 5 nitrogen and oxygen atoms in total. The second kappa shape index (κ2) is 7.26. The molecule has 0 saturated heterocycles. The van der Waals surface area contributed by atoms with Gasteiger partial charge in [0.2, 0.25) is 0 Å². The molecule has 0 radical (unpaired) electrons. The Morgan fingerprint density at radius 1 is 1.36 bits per heavy atom. The normalized spacial score (nSPS) is 10.9. The third-order valence-electron chi connectivity index (χ3n) is 3.10. The first kappa shape index (κ1) is 16.3. The number of nitrogens with one attached hydrogen (secondary N) is 1. The van der Waals surface area contributed by atoms with Gasteiger partial charge in [-0.25, -0.2) is 5.43 Å². The summed E-state index contributed by atoms with van der Waals surface area (Å²) in [6.07, 6.45) is 1.42. The van der Waals surface area contributed by atoms with Gasteiger partial charge in [-0.1, -0.05) is 6.07 Å². The zero-order valence-electron chi connectivity index (χ0n) is 12.6. The highest BCUT2D eigenvalue weighted by molar-refractivity contribution is 9.10. The van der Waals surface area contributed by atoms with Crippen LogP contribution in [-0.4, -0.2) is 18.7 Å². The fraction of sp³-hybridized carbons (Fsp3) is 0.250. The topological polar surface area (TPSA) is 63.8 Å². The number of ether oxygens (including phenoxy) is 1. The molecule has 0 spiro atoms. The van der Waals surface area contributed by atoms with E-state index in [1.165, 1.54) is 6.21 Å². The average Bonchev–Trinajstić information content (AvgIpc) is 2.87. The molecule has 0 atom stereocenters. The van der Waals surface area contributed by atoms with Crippen molar-refractivity contribution in [2.75, 3.05) is 6.61 Å². The van der Waals surface area contributed by atoms with Crippen LogP contribution in [0.4, 0.5) is 0 Å². The van der Waals surface area contributed by atoms with E-state index >= 15 is 0 Å². The molecule has 1 amide bonds. The number of carbonyl (C=O) groups excluding carboxylic acids is 1. The Balaban J connectivity index is 1.87. The summed E-state index contributed by atoms with van der Waals surface area (Å²) >= 11 is 3.19. The Bertz CT molecular complexity index is 707. The maximum Gasteiger partial charge on any atom is 0.277 e. The minimum Gasteiger partial charge on any atom is -0.483 e. The lowest BCUT2D eigenvalue weighted by atomic mass is 10.1. The molecule has 0 fully saturated rings. The monoisotopic (exact) mass is 364 g/mol. The molecule has 1 heterocycles. The maximum atomic E-state index is 11.7. The fourth-order valence-electron chi connectivity index (χ4n) is 1.89. The average molecular weight is 365 g/mol. The zero-order chi connectivity index (χ0) is 16.1. The molecule has 6 heteroatoms. The van der Waals surface area contributed by atoms with Crippen molar-refractivity contribution in [2.45, 2.75) is 20.8 Å². The predicted octanol–water partition coefficient (Wildman–Crippen LogP) is 3.50.